The van der Waals surface area contributed by atoms with Crippen molar-refractivity contribution in [3.05, 3.63) is 94.4 Å². The van der Waals surface area contributed by atoms with Crippen LogP contribution in [0.4, 0.5) is 0 Å². The number of halogens is 2. The summed E-state index contributed by atoms with van der Waals surface area (Å²) in [7, 11) is 1.67. The summed E-state index contributed by atoms with van der Waals surface area (Å²) < 4.78 is 7.35. The molecule has 3 aromatic carbocycles. The largest absolute Gasteiger partial charge is 0.497 e. The van der Waals surface area contributed by atoms with Crippen molar-refractivity contribution in [2.24, 2.45) is 0 Å². The Balaban J connectivity index is 1.58. The summed E-state index contributed by atoms with van der Waals surface area (Å²) in [6.07, 6.45) is 6.18. The average molecular weight is 449 g/mol. The van der Waals surface area contributed by atoms with Gasteiger partial charge in [0.1, 0.15) is 11.6 Å². The summed E-state index contributed by atoms with van der Waals surface area (Å²) in [5.74, 6) is 1.76. The molecule has 0 aliphatic rings. The summed E-state index contributed by atoms with van der Waals surface area (Å²) >= 11 is 12.3. The Morgan fingerprint density at radius 2 is 1.48 bits per heavy atom. The van der Waals surface area contributed by atoms with Gasteiger partial charge in [-0.1, -0.05) is 65.7 Å². The fourth-order valence-corrected chi connectivity index (χ4v) is 3.92. The van der Waals surface area contributed by atoms with E-state index in [-0.39, 0.29) is 0 Å². The summed E-state index contributed by atoms with van der Waals surface area (Å²) in [4.78, 5) is 4.84. The Morgan fingerprint density at radius 1 is 0.839 bits per heavy atom. The maximum Gasteiger partial charge on any atom is 0.133 e. The zero-order chi connectivity index (χ0) is 21.8. The fraction of sp³-hybridized carbons (Fsp3) is 0.115. The minimum absolute atomic E-state index is 0.626. The number of nitrogens with zero attached hydrogens (tertiary/aromatic N) is 2. The number of methoxy groups -OCH3 is 1. The van der Waals surface area contributed by atoms with Gasteiger partial charge in [-0.05, 0) is 60.0 Å². The molecule has 0 amide bonds. The molecule has 4 rings (SSSR count). The van der Waals surface area contributed by atoms with Gasteiger partial charge in [0.15, 0.2) is 0 Å². The Bertz CT molecular complexity index is 1190. The lowest BCUT2D eigenvalue weighted by Crippen LogP contribution is -1.94. The van der Waals surface area contributed by atoms with E-state index in [1.807, 2.05) is 42.5 Å². The van der Waals surface area contributed by atoms with Gasteiger partial charge in [0, 0.05) is 28.4 Å². The smallest absolute Gasteiger partial charge is 0.133 e. The Labute approximate surface area is 192 Å². The Hall–Kier alpha value is -3.01. The number of rotatable bonds is 6. The minimum atomic E-state index is 0.626. The van der Waals surface area contributed by atoms with E-state index in [0.29, 0.717) is 10.0 Å². The number of ether oxygens (including phenoxy) is 1. The summed E-state index contributed by atoms with van der Waals surface area (Å²) in [6, 6.07) is 21.8. The normalized spacial score (nSPS) is 11.2. The van der Waals surface area contributed by atoms with E-state index >= 15 is 0 Å². The molecule has 1 aromatic heterocycles. The van der Waals surface area contributed by atoms with E-state index in [1.54, 1.807) is 13.2 Å². The first-order valence-corrected chi connectivity index (χ1v) is 10.8. The highest BCUT2D eigenvalue weighted by molar-refractivity contribution is 6.35. The molecule has 0 spiro atoms. The quantitative estimate of drug-likeness (QED) is 0.301. The van der Waals surface area contributed by atoms with Crippen LogP contribution in [-0.4, -0.2) is 16.7 Å². The number of aryl methyl sites for hydroxylation is 1. The van der Waals surface area contributed by atoms with Crippen molar-refractivity contribution < 1.29 is 4.74 Å². The molecular weight excluding hydrogens is 427 g/mol. The van der Waals surface area contributed by atoms with E-state index in [4.69, 9.17) is 32.9 Å². The number of hydrogen-bond acceptors (Lipinski definition) is 2. The maximum atomic E-state index is 6.14. The molecule has 0 fully saturated rings. The molecule has 4 aromatic rings. The molecule has 0 N–H and O–H groups in total. The van der Waals surface area contributed by atoms with Gasteiger partial charge in [-0.3, -0.25) is 0 Å². The molecular formula is C26H22Cl2N2O. The molecule has 0 bridgehead atoms. The van der Waals surface area contributed by atoms with Crippen LogP contribution in [0.25, 0.3) is 34.5 Å². The van der Waals surface area contributed by atoms with Crippen LogP contribution in [0, 0.1) is 0 Å². The van der Waals surface area contributed by atoms with E-state index in [0.717, 1.165) is 46.1 Å². The minimum Gasteiger partial charge on any atom is -0.497 e. The van der Waals surface area contributed by atoms with Gasteiger partial charge < -0.3 is 9.30 Å². The third-order valence-corrected chi connectivity index (χ3v) is 5.50. The molecule has 0 saturated heterocycles. The predicted octanol–water partition coefficient (Wildman–Crippen LogP) is 7.72. The number of imidazole rings is 1. The zero-order valence-electron chi connectivity index (χ0n) is 17.3. The number of hydrogen-bond donors (Lipinski definition) is 0. The molecule has 3 nitrogen and oxygen atoms in total. The first-order chi connectivity index (χ1) is 15.1. The van der Waals surface area contributed by atoms with Crippen molar-refractivity contribution >= 4 is 35.4 Å². The number of benzene rings is 3. The monoisotopic (exact) mass is 448 g/mol. The SMILES string of the molecule is CCn1cc(-c2ccc(-c3cc(Cl)cc(Cl)c3)cc2)nc1/C=C/c1ccc(OC)cc1. The molecule has 0 aliphatic carbocycles. The van der Waals surface area contributed by atoms with Crippen molar-refractivity contribution in [2.75, 3.05) is 7.11 Å². The first kappa shape index (κ1) is 21.2. The van der Waals surface area contributed by atoms with Crippen LogP contribution in [-0.2, 0) is 6.54 Å². The molecule has 156 valence electrons. The van der Waals surface area contributed by atoms with Gasteiger partial charge in [0.2, 0.25) is 0 Å². The van der Waals surface area contributed by atoms with Crippen LogP contribution in [0.15, 0.2) is 72.9 Å². The van der Waals surface area contributed by atoms with Crippen LogP contribution < -0.4 is 4.74 Å². The van der Waals surface area contributed by atoms with E-state index in [1.165, 1.54) is 0 Å². The van der Waals surface area contributed by atoms with Crippen LogP contribution in [0.5, 0.6) is 5.75 Å². The van der Waals surface area contributed by atoms with Crippen molar-refractivity contribution in [2.45, 2.75) is 13.5 Å². The third kappa shape index (κ3) is 5.01. The fourth-order valence-electron chi connectivity index (χ4n) is 3.40. The highest BCUT2D eigenvalue weighted by Crippen LogP contribution is 2.29. The highest BCUT2D eigenvalue weighted by Gasteiger charge is 2.08. The molecule has 0 atom stereocenters. The summed E-state index contributed by atoms with van der Waals surface area (Å²) in [5, 5.41) is 1.25. The van der Waals surface area contributed by atoms with Gasteiger partial charge in [-0.15, -0.1) is 0 Å². The van der Waals surface area contributed by atoms with Crippen molar-refractivity contribution in [3.63, 3.8) is 0 Å². The molecule has 1 heterocycles. The lowest BCUT2D eigenvalue weighted by molar-refractivity contribution is 0.415. The van der Waals surface area contributed by atoms with Gasteiger partial charge >= 0.3 is 0 Å². The van der Waals surface area contributed by atoms with Gasteiger partial charge in [-0.25, -0.2) is 4.98 Å². The van der Waals surface area contributed by atoms with E-state index in [9.17, 15) is 0 Å². The summed E-state index contributed by atoms with van der Waals surface area (Å²) in [6.45, 7) is 2.95. The predicted molar refractivity (Wildman–Crippen MR) is 131 cm³/mol. The Morgan fingerprint density at radius 3 is 2.10 bits per heavy atom. The molecule has 0 saturated carbocycles. The van der Waals surface area contributed by atoms with Crippen LogP contribution in [0.2, 0.25) is 10.0 Å². The van der Waals surface area contributed by atoms with Gasteiger partial charge in [0.05, 0.1) is 12.8 Å². The standard InChI is InChI=1S/C26H22Cl2N2O/c1-3-30-17-25(29-26(30)13-6-18-4-11-24(31-2)12-5-18)20-9-7-19(8-10-20)21-14-22(27)16-23(28)15-21/h4-17H,3H2,1-2H3/b13-6+. The molecule has 0 radical (unpaired) electrons. The number of aromatic nitrogens is 2. The van der Waals surface area contributed by atoms with Crippen LogP contribution >= 0.6 is 23.2 Å². The first-order valence-electron chi connectivity index (χ1n) is 10.0. The van der Waals surface area contributed by atoms with Gasteiger partial charge in [0.25, 0.3) is 0 Å². The van der Waals surface area contributed by atoms with Gasteiger partial charge in [-0.2, -0.15) is 0 Å². The Kier molecular flexibility index (Phi) is 6.45. The summed E-state index contributed by atoms with van der Waals surface area (Å²) in [5.41, 5.74) is 5.14. The highest BCUT2D eigenvalue weighted by atomic mass is 35.5. The molecule has 31 heavy (non-hydrogen) atoms. The second kappa shape index (κ2) is 9.42. The lowest BCUT2D eigenvalue weighted by atomic mass is 10.0. The molecule has 0 unspecified atom stereocenters. The van der Waals surface area contributed by atoms with E-state index in [2.05, 4.69) is 48.0 Å². The van der Waals surface area contributed by atoms with Crippen LogP contribution in [0.3, 0.4) is 0 Å². The lowest BCUT2D eigenvalue weighted by Gasteiger charge is -2.05. The van der Waals surface area contributed by atoms with Crippen LogP contribution in [0.1, 0.15) is 18.3 Å². The second-order valence-electron chi connectivity index (χ2n) is 7.11. The van der Waals surface area contributed by atoms with Crippen molar-refractivity contribution in [1.82, 2.24) is 9.55 Å². The molecule has 0 aliphatic heterocycles. The topological polar surface area (TPSA) is 27.1 Å². The zero-order valence-corrected chi connectivity index (χ0v) is 18.9. The molecule has 5 heteroatoms. The van der Waals surface area contributed by atoms with Crippen molar-refractivity contribution in [1.29, 1.82) is 0 Å². The van der Waals surface area contributed by atoms with E-state index < -0.39 is 0 Å². The average Bonchev–Trinajstić information content (AvgIpc) is 3.21. The van der Waals surface area contributed by atoms with Crippen molar-refractivity contribution in [3.8, 4) is 28.1 Å². The maximum absolute atomic E-state index is 6.14. The third-order valence-electron chi connectivity index (χ3n) is 5.07. The second-order valence-corrected chi connectivity index (χ2v) is 7.99.